The van der Waals surface area contributed by atoms with Gasteiger partial charge < -0.3 is 19.9 Å². The number of ether oxygens (including phenoxy) is 2. The molecule has 1 aromatic heterocycles. The molecule has 1 heterocycles. The van der Waals surface area contributed by atoms with Crippen LogP contribution in [-0.2, 0) is 4.74 Å². The number of aromatic nitrogens is 3. The molecule has 7 nitrogen and oxygen atoms in total. The molecule has 0 spiro atoms. The Labute approximate surface area is 104 Å². The fourth-order valence-corrected chi connectivity index (χ4v) is 1.16. The number of halogens is 1. The predicted molar refractivity (Wildman–Crippen MR) is 62.4 cm³/mol. The summed E-state index contributed by atoms with van der Waals surface area (Å²) in [5, 5.41) is 11.5. The average molecular weight is 263 g/mol. The molecular weight excluding hydrogens is 248 g/mol. The molecular formula is C9H15ClN4O3. The second-order valence-corrected chi connectivity index (χ2v) is 3.24. The quantitative estimate of drug-likeness (QED) is 0.653. The van der Waals surface area contributed by atoms with Crippen molar-refractivity contribution in [2.75, 3.05) is 38.3 Å². The molecule has 0 amide bonds. The van der Waals surface area contributed by atoms with Crippen molar-refractivity contribution >= 4 is 17.5 Å². The van der Waals surface area contributed by atoms with E-state index in [1.807, 2.05) is 6.92 Å². The largest absolute Gasteiger partial charge is 0.464 e. The molecule has 0 saturated heterocycles. The monoisotopic (exact) mass is 262 g/mol. The third-order valence-electron chi connectivity index (χ3n) is 1.63. The third-order valence-corrected chi connectivity index (χ3v) is 1.80. The summed E-state index contributed by atoms with van der Waals surface area (Å²) in [5.41, 5.74) is 0. The molecule has 1 rings (SSSR count). The summed E-state index contributed by atoms with van der Waals surface area (Å²) in [4.78, 5) is 11.7. The van der Waals surface area contributed by atoms with E-state index in [4.69, 9.17) is 26.2 Å². The maximum absolute atomic E-state index is 8.50. The zero-order valence-corrected chi connectivity index (χ0v) is 10.3. The normalized spacial score (nSPS) is 10.3. The zero-order valence-electron chi connectivity index (χ0n) is 9.52. The van der Waals surface area contributed by atoms with Crippen LogP contribution in [0.4, 0.5) is 5.95 Å². The van der Waals surface area contributed by atoms with Gasteiger partial charge in [0.05, 0.1) is 26.4 Å². The molecule has 0 fully saturated rings. The van der Waals surface area contributed by atoms with Gasteiger partial charge in [-0.05, 0) is 18.5 Å². The number of hydrogen-bond acceptors (Lipinski definition) is 7. The van der Waals surface area contributed by atoms with E-state index in [1.165, 1.54) is 0 Å². The molecule has 1 aromatic rings. The summed E-state index contributed by atoms with van der Waals surface area (Å²) in [6.07, 6.45) is 0. The maximum Gasteiger partial charge on any atom is 0.322 e. The molecule has 0 aliphatic carbocycles. The Morgan fingerprint density at radius 3 is 2.82 bits per heavy atom. The van der Waals surface area contributed by atoms with E-state index in [1.54, 1.807) is 0 Å². The van der Waals surface area contributed by atoms with Gasteiger partial charge in [0.1, 0.15) is 0 Å². The highest BCUT2D eigenvalue weighted by Crippen LogP contribution is 2.10. The average Bonchev–Trinajstić information content (AvgIpc) is 2.28. The number of rotatable bonds is 8. The summed E-state index contributed by atoms with van der Waals surface area (Å²) in [7, 11) is 0. The predicted octanol–water partition coefficient (Wildman–Crippen LogP) is 0.344. The lowest BCUT2D eigenvalue weighted by Crippen LogP contribution is -2.14. The summed E-state index contributed by atoms with van der Waals surface area (Å²) in [6, 6.07) is 0.186. The van der Waals surface area contributed by atoms with Crippen LogP contribution in [0.1, 0.15) is 6.92 Å². The van der Waals surface area contributed by atoms with Gasteiger partial charge in [0.25, 0.3) is 0 Å². The number of hydrogen-bond donors (Lipinski definition) is 2. The van der Waals surface area contributed by atoms with Crippen molar-refractivity contribution in [1.82, 2.24) is 15.0 Å². The van der Waals surface area contributed by atoms with Gasteiger partial charge in [-0.15, -0.1) is 0 Å². The van der Waals surface area contributed by atoms with Gasteiger partial charge in [-0.3, -0.25) is 0 Å². The Morgan fingerprint density at radius 2 is 2.12 bits per heavy atom. The van der Waals surface area contributed by atoms with E-state index in [2.05, 4.69) is 20.3 Å². The lowest BCUT2D eigenvalue weighted by Gasteiger charge is -2.06. The molecule has 2 N–H and O–H groups in total. The number of aliphatic hydroxyl groups is 1. The first kappa shape index (κ1) is 13.9. The van der Waals surface area contributed by atoms with E-state index in [-0.39, 0.29) is 17.9 Å². The summed E-state index contributed by atoms with van der Waals surface area (Å²) in [6.45, 7) is 3.54. The van der Waals surface area contributed by atoms with Gasteiger partial charge in [-0.25, -0.2) is 0 Å². The standard InChI is InChI=1S/C9H15ClN4O3/c1-2-17-9-13-7(10)12-8(14-9)11-3-5-16-6-4-15/h15H,2-6H2,1H3,(H,11,12,13,14). The van der Waals surface area contributed by atoms with Crippen LogP contribution < -0.4 is 10.1 Å². The fourth-order valence-electron chi connectivity index (χ4n) is 1.01. The van der Waals surface area contributed by atoms with Crippen molar-refractivity contribution in [2.24, 2.45) is 0 Å². The number of aliphatic hydroxyl groups excluding tert-OH is 1. The third kappa shape index (κ3) is 5.62. The molecule has 0 aromatic carbocycles. The Morgan fingerprint density at radius 1 is 1.29 bits per heavy atom. The Balaban J connectivity index is 2.41. The summed E-state index contributed by atoms with van der Waals surface area (Å²) < 4.78 is 10.2. The van der Waals surface area contributed by atoms with E-state index in [0.29, 0.717) is 32.3 Å². The molecule has 0 radical (unpaired) electrons. The Kier molecular flexibility index (Phi) is 6.53. The lowest BCUT2D eigenvalue weighted by molar-refractivity contribution is 0.0991. The van der Waals surface area contributed by atoms with Crippen LogP contribution in [0.25, 0.3) is 0 Å². The first-order valence-electron chi connectivity index (χ1n) is 5.23. The van der Waals surface area contributed by atoms with Crippen molar-refractivity contribution in [3.05, 3.63) is 5.28 Å². The smallest absolute Gasteiger partial charge is 0.322 e. The lowest BCUT2D eigenvalue weighted by atomic mass is 10.6. The van der Waals surface area contributed by atoms with Crippen molar-refractivity contribution in [3.8, 4) is 6.01 Å². The van der Waals surface area contributed by atoms with Crippen molar-refractivity contribution in [3.63, 3.8) is 0 Å². The SMILES string of the molecule is CCOc1nc(Cl)nc(NCCOCCO)n1. The number of anilines is 1. The topological polar surface area (TPSA) is 89.4 Å². The molecule has 17 heavy (non-hydrogen) atoms. The minimum Gasteiger partial charge on any atom is -0.464 e. The van der Waals surface area contributed by atoms with Crippen molar-refractivity contribution in [2.45, 2.75) is 6.92 Å². The van der Waals surface area contributed by atoms with Crippen LogP contribution >= 0.6 is 11.6 Å². The van der Waals surface area contributed by atoms with Crippen LogP contribution in [0.3, 0.4) is 0 Å². The van der Waals surface area contributed by atoms with E-state index < -0.39 is 0 Å². The van der Waals surface area contributed by atoms with Gasteiger partial charge in [-0.1, -0.05) is 0 Å². The molecule has 8 heteroatoms. The highest BCUT2D eigenvalue weighted by Gasteiger charge is 2.04. The van der Waals surface area contributed by atoms with Crippen LogP contribution in [-0.4, -0.2) is 53.0 Å². The fraction of sp³-hybridized carbons (Fsp3) is 0.667. The van der Waals surface area contributed by atoms with E-state index in [9.17, 15) is 0 Å². The molecule has 0 aliphatic rings. The molecule has 0 unspecified atom stereocenters. The van der Waals surface area contributed by atoms with Crippen molar-refractivity contribution in [1.29, 1.82) is 0 Å². The molecule has 0 aliphatic heterocycles. The summed E-state index contributed by atoms with van der Waals surface area (Å²) >= 11 is 5.70. The minimum atomic E-state index is 0.00603. The number of nitrogens with zero attached hydrogens (tertiary/aromatic N) is 3. The highest BCUT2D eigenvalue weighted by molar-refractivity contribution is 6.28. The number of nitrogens with one attached hydrogen (secondary N) is 1. The van der Waals surface area contributed by atoms with Gasteiger partial charge in [0.2, 0.25) is 11.2 Å². The molecule has 0 saturated carbocycles. The van der Waals surface area contributed by atoms with Gasteiger partial charge in [-0.2, -0.15) is 15.0 Å². The first-order valence-corrected chi connectivity index (χ1v) is 5.61. The van der Waals surface area contributed by atoms with Gasteiger partial charge >= 0.3 is 6.01 Å². The van der Waals surface area contributed by atoms with Gasteiger partial charge in [0.15, 0.2) is 0 Å². The van der Waals surface area contributed by atoms with Crippen LogP contribution in [0.15, 0.2) is 0 Å². The maximum atomic E-state index is 8.50. The van der Waals surface area contributed by atoms with E-state index >= 15 is 0 Å². The van der Waals surface area contributed by atoms with Crippen molar-refractivity contribution < 1.29 is 14.6 Å². The summed E-state index contributed by atoms with van der Waals surface area (Å²) in [5.74, 6) is 0.334. The molecule has 0 atom stereocenters. The van der Waals surface area contributed by atoms with E-state index in [0.717, 1.165) is 0 Å². The highest BCUT2D eigenvalue weighted by atomic mass is 35.5. The van der Waals surface area contributed by atoms with Gasteiger partial charge in [0, 0.05) is 6.54 Å². The second-order valence-electron chi connectivity index (χ2n) is 2.91. The molecule has 0 bridgehead atoms. The molecule has 96 valence electrons. The zero-order chi connectivity index (χ0) is 12.5. The first-order chi connectivity index (χ1) is 8.26. The Bertz CT molecular complexity index is 340. The second kappa shape index (κ2) is 7.99. The van der Waals surface area contributed by atoms with Crippen LogP contribution in [0, 0.1) is 0 Å². The van der Waals surface area contributed by atoms with Crippen LogP contribution in [0.5, 0.6) is 6.01 Å². The minimum absolute atomic E-state index is 0.00603. The van der Waals surface area contributed by atoms with Crippen LogP contribution in [0.2, 0.25) is 5.28 Å². The Hall–Kier alpha value is -1.18.